The molecule has 0 aliphatic heterocycles. The van der Waals surface area contributed by atoms with Crippen LogP contribution in [0.25, 0.3) is 0 Å². The predicted octanol–water partition coefficient (Wildman–Crippen LogP) is 1.63. The van der Waals surface area contributed by atoms with Gasteiger partial charge in [-0.2, -0.15) is 0 Å². The first-order valence-corrected chi connectivity index (χ1v) is 1.57. The summed E-state index contributed by atoms with van der Waals surface area (Å²) < 4.78 is 6.70. The van der Waals surface area contributed by atoms with E-state index in [0.717, 1.165) is 0 Å². The molecule has 0 aliphatic carbocycles. The fourth-order valence-corrected chi connectivity index (χ4v) is 0. The van der Waals surface area contributed by atoms with Gasteiger partial charge in [0.15, 0.2) is 0 Å². The number of hydrogen-bond donors (Lipinski definition) is 0. The summed E-state index contributed by atoms with van der Waals surface area (Å²) in [4.78, 5) is 0. The lowest BCUT2D eigenvalue weighted by atomic mass is 10.6. The molecule has 0 spiro atoms. The fourth-order valence-electron chi connectivity index (χ4n) is 0. The molecule has 0 atom stereocenters. The van der Waals surface area contributed by atoms with Crippen molar-refractivity contribution in [1.82, 2.24) is 0 Å². The second-order valence-electron chi connectivity index (χ2n) is 0.878. The summed E-state index contributed by atoms with van der Waals surface area (Å²) >= 11 is 5.20. The van der Waals surface area contributed by atoms with Gasteiger partial charge in [-0.05, 0) is 13.8 Å². The van der Waals surface area contributed by atoms with E-state index in [9.17, 15) is 0 Å². The van der Waals surface area contributed by atoms with Crippen molar-refractivity contribution < 1.29 is 1.37 Å². The molecule has 0 aromatic carbocycles. The lowest BCUT2D eigenvalue weighted by Crippen LogP contribution is -1.70. The third-order valence-electron chi connectivity index (χ3n) is 0. The van der Waals surface area contributed by atoms with E-state index in [1.54, 1.807) is 13.8 Å². The molecular weight excluding hydrogens is 71.5 g/mol. The van der Waals surface area contributed by atoms with Crippen LogP contribution in [-0.4, -0.2) is 5.35 Å². The summed E-state index contributed by atoms with van der Waals surface area (Å²) in [5.74, 6) is 0. The second kappa shape index (κ2) is 1.59. The van der Waals surface area contributed by atoms with Gasteiger partial charge in [-0.15, -0.1) is 11.6 Å². The van der Waals surface area contributed by atoms with Crippen LogP contribution in [0.15, 0.2) is 0 Å². The maximum absolute atomic E-state index is 6.70. The third-order valence-corrected chi connectivity index (χ3v) is 0. The number of rotatable bonds is 0. The van der Waals surface area contributed by atoms with Crippen LogP contribution in [-0.2, 0) is 0 Å². The average molecular weight is 80.6 g/mol. The summed E-state index contributed by atoms with van der Waals surface area (Å²) in [6.07, 6.45) is 0. The van der Waals surface area contributed by atoms with Crippen molar-refractivity contribution in [2.75, 3.05) is 0 Å². The van der Waals surface area contributed by atoms with Crippen LogP contribution in [0.4, 0.5) is 0 Å². The maximum Gasteiger partial charge on any atom is 0.0466 e. The summed E-state index contributed by atoms with van der Waals surface area (Å²) in [6.45, 7) is 3.24. The minimum absolute atomic E-state index is 0.778. The third kappa shape index (κ3) is 45.3. The van der Waals surface area contributed by atoms with E-state index in [-0.39, 0.29) is 0 Å². The van der Waals surface area contributed by atoms with Gasteiger partial charge in [-0.1, -0.05) is 0 Å². The van der Waals surface area contributed by atoms with Gasteiger partial charge in [0.2, 0.25) is 0 Å². The lowest BCUT2D eigenvalue weighted by molar-refractivity contribution is 1.10. The van der Waals surface area contributed by atoms with E-state index < -0.39 is 5.35 Å². The lowest BCUT2D eigenvalue weighted by Gasteiger charge is -1.76. The summed E-state index contributed by atoms with van der Waals surface area (Å²) in [5.41, 5.74) is 0. The van der Waals surface area contributed by atoms with E-state index in [2.05, 4.69) is 0 Å². The Morgan fingerprint density at radius 3 is 2.00 bits per heavy atom. The Labute approximate surface area is 33.2 Å². The van der Waals surface area contributed by atoms with Gasteiger partial charge in [-0.3, -0.25) is 0 Å². The molecule has 0 radical (unpaired) electrons. The zero-order valence-electron chi connectivity index (χ0n) is 3.88. The highest BCUT2D eigenvalue weighted by Crippen LogP contribution is 1.84. The molecule has 0 aliphatic rings. The van der Waals surface area contributed by atoms with Gasteiger partial charge in [0, 0.05) is 6.72 Å². The Morgan fingerprint density at radius 1 is 2.00 bits per heavy atom. The Morgan fingerprint density at radius 2 is 2.00 bits per heavy atom. The molecule has 0 amide bonds. The molecule has 0 N–H and O–H groups in total. The van der Waals surface area contributed by atoms with E-state index in [4.69, 9.17) is 13.0 Å². The number of alkyl halides is 1. The van der Waals surface area contributed by atoms with Gasteiger partial charge in [0.1, 0.15) is 0 Å². The topological polar surface area (TPSA) is 0 Å². The van der Waals surface area contributed by atoms with Crippen molar-refractivity contribution in [3.05, 3.63) is 0 Å². The van der Waals surface area contributed by atoms with Crippen LogP contribution >= 0.6 is 11.6 Å². The van der Waals surface area contributed by atoms with Gasteiger partial charge in [0.25, 0.3) is 0 Å². The zero-order valence-corrected chi connectivity index (χ0v) is 3.63. The van der Waals surface area contributed by atoms with Crippen LogP contribution < -0.4 is 0 Å². The summed E-state index contributed by atoms with van der Waals surface area (Å²) in [7, 11) is 0. The molecule has 0 heterocycles. The van der Waals surface area contributed by atoms with Crippen molar-refractivity contribution >= 4 is 11.6 Å². The highest BCUT2D eigenvalue weighted by Gasteiger charge is 1.71. The molecule has 0 aromatic rings. The molecule has 1 heteroatoms. The van der Waals surface area contributed by atoms with Gasteiger partial charge in [-0.25, -0.2) is 0 Å². The quantitative estimate of drug-likeness (QED) is 0.388. The highest BCUT2D eigenvalue weighted by atomic mass is 35.5. The van der Waals surface area contributed by atoms with Gasteiger partial charge >= 0.3 is 0 Å². The van der Waals surface area contributed by atoms with Crippen LogP contribution in [0, 0.1) is 0 Å². The first kappa shape index (κ1) is 2.52. The summed E-state index contributed by atoms with van der Waals surface area (Å²) in [6, 6.07) is 0. The standard InChI is InChI=1S/C3H7Cl/c1-3(2)4/h3H,1-2H3/i3T. The smallest absolute Gasteiger partial charge is 0.0466 e. The van der Waals surface area contributed by atoms with Crippen molar-refractivity contribution in [2.24, 2.45) is 0 Å². The average Bonchev–Trinajstić information content (AvgIpc) is 0.722. The fraction of sp³-hybridized carbons (Fsp3) is 1.00. The van der Waals surface area contributed by atoms with E-state index >= 15 is 0 Å². The maximum atomic E-state index is 6.70. The molecule has 0 nitrogen and oxygen atoms in total. The van der Waals surface area contributed by atoms with Gasteiger partial charge < -0.3 is 0 Å². The number of hydrogen-bond acceptors (Lipinski definition) is 0. The van der Waals surface area contributed by atoms with Gasteiger partial charge in [0.05, 0.1) is 0 Å². The highest BCUT2D eigenvalue weighted by molar-refractivity contribution is 6.20. The normalized spacial score (nSPS) is 15.2. The second-order valence-corrected chi connectivity index (χ2v) is 1.63. The minimum atomic E-state index is -0.778. The molecule has 0 rings (SSSR count). The molecule has 0 fully saturated rings. The van der Waals surface area contributed by atoms with Crippen LogP contribution in [0.3, 0.4) is 0 Å². The molecule has 0 saturated heterocycles. The Balaban J connectivity index is 3.02. The van der Waals surface area contributed by atoms with Crippen molar-refractivity contribution in [2.45, 2.75) is 19.2 Å². The summed E-state index contributed by atoms with van der Waals surface area (Å²) in [5, 5.41) is -0.778. The van der Waals surface area contributed by atoms with E-state index in [1.807, 2.05) is 0 Å². The Bertz CT molecular complexity index is 22.4. The Kier molecular flexibility index (Phi) is 1.01. The first-order chi connectivity index (χ1) is 2.00. The zero-order chi connectivity index (χ0) is 4.50. The molecule has 4 heavy (non-hydrogen) atoms. The molecule has 0 aromatic heterocycles. The van der Waals surface area contributed by atoms with Crippen LogP contribution in [0.1, 0.15) is 15.2 Å². The van der Waals surface area contributed by atoms with Crippen molar-refractivity contribution in [1.29, 1.82) is 0 Å². The predicted molar refractivity (Wildman–Crippen MR) is 21.0 cm³/mol. The first-order valence-electron chi connectivity index (χ1n) is 1.69. The molecule has 0 bridgehead atoms. The van der Waals surface area contributed by atoms with E-state index in [1.165, 1.54) is 0 Å². The molecular formula is C3H7Cl. The van der Waals surface area contributed by atoms with Crippen molar-refractivity contribution in [3.8, 4) is 0 Å². The van der Waals surface area contributed by atoms with E-state index in [0.29, 0.717) is 0 Å². The molecule has 0 saturated carbocycles. The minimum Gasteiger partial charge on any atom is -0.124 e. The Hall–Kier alpha value is 0.290. The monoisotopic (exact) mass is 80.0 g/mol. The number of halogens is 1. The van der Waals surface area contributed by atoms with Crippen LogP contribution in [0.2, 0.25) is 0 Å². The molecule has 26 valence electrons. The molecule has 0 unspecified atom stereocenters. The largest absolute Gasteiger partial charge is 0.124 e. The SMILES string of the molecule is [3H]C(C)(C)Cl. The van der Waals surface area contributed by atoms with Crippen LogP contribution in [0.5, 0.6) is 0 Å². The van der Waals surface area contributed by atoms with Crippen molar-refractivity contribution in [3.63, 3.8) is 0 Å².